The number of carbonyl (C=O) groups excluding carboxylic acids is 1. The van der Waals surface area contributed by atoms with Crippen molar-refractivity contribution in [3.63, 3.8) is 0 Å². The van der Waals surface area contributed by atoms with Crippen molar-refractivity contribution >= 4 is 23.6 Å². The number of nitrogens with one attached hydrogen (secondary N) is 2. The van der Waals surface area contributed by atoms with E-state index in [1.807, 2.05) is 30.5 Å². The van der Waals surface area contributed by atoms with Crippen molar-refractivity contribution in [2.24, 2.45) is 4.99 Å². The van der Waals surface area contributed by atoms with Crippen molar-refractivity contribution in [1.82, 2.24) is 15.5 Å². The fraction of sp³-hybridized carbons (Fsp3) is 0.889. The summed E-state index contributed by atoms with van der Waals surface area (Å²) in [5, 5.41) is 6.59. The summed E-state index contributed by atoms with van der Waals surface area (Å²) >= 11 is 1.99. The average Bonchev–Trinajstić information content (AvgIpc) is 2.62. The summed E-state index contributed by atoms with van der Waals surface area (Å²) in [5.41, 5.74) is 0. The molecule has 25 heavy (non-hydrogen) atoms. The Kier molecular flexibility index (Phi) is 11.0. The molecule has 0 spiro atoms. The summed E-state index contributed by atoms with van der Waals surface area (Å²) in [5.74, 6) is 2.09. The van der Waals surface area contributed by atoms with Gasteiger partial charge >= 0.3 is 0 Å². The van der Waals surface area contributed by atoms with E-state index in [-0.39, 0.29) is 10.7 Å². The highest BCUT2D eigenvalue weighted by Gasteiger charge is 2.32. The van der Waals surface area contributed by atoms with Crippen LogP contribution >= 0.6 is 11.8 Å². The van der Waals surface area contributed by atoms with Crippen molar-refractivity contribution in [2.45, 2.75) is 51.7 Å². The Hall–Kier alpha value is -0.950. The molecule has 6 nitrogen and oxygen atoms in total. The topological polar surface area (TPSA) is 66.0 Å². The van der Waals surface area contributed by atoms with Crippen molar-refractivity contribution in [1.29, 1.82) is 0 Å². The Morgan fingerprint density at radius 1 is 1.16 bits per heavy atom. The highest BCUT2D eigenvalue weighted by atomic mass is 32.2. The summed E-state index contributed by atoms with van der Waals surface area (Å²) in [6.07, 6.45) is 2.60. The van der Waals surface area contributed by atoms with Crippen LogP contribution in [0.3, 0.4) is 0 Å². The van der Waals surface area contributed by atoms with E-state index in [0.717, 1.165) is 63.9 Å². The molecule has 1 rings (SSSR count). The van der Waals surface area contributed by atoms with Crippen LogP contribution in [0.4, 0.5) is 0 Å². The molecule has 0 aromatic heterocycles. The molecule has 0 saturated carbocycles. The first-order valence-corrected chi connectivity index (χ1v) is 10.6. The van der Waals surface area contributed by atoms with Gasteiger partial charge in [-0.2, -0.15) is 11.8 Å². The van der Waals surface area contributed by atoms with Gasteiger partial charge in [-0.25, -0.2) is 0 Å². The summed E-state index contributed by atoms with van der Waals surface area (Å²) in [7, 11) is 0. The fourth-order valence-corrected chi connectivity index (χ4v) is 4.21. The van der Waals surface area contributed by atoms with Gasteiger partial charge in [-0.05, 0) is 39.4 Å². The van der Waals surface area contributed by atoms with E-state index in [9.17, 15) is 4.79 Å². The molecule has 0 aliphatic carbocycles. The predicted molar refractivity (Wildman–Crippen MR) is 107 cm³/mol. The molecule has 146 valence electrons. The largest absolute Gasteiger partial charge is 0.381 e. The van der Waals surface area contributed by atoms with Crippen molar-refractivity contribution in [3.05, 3.63) is 0 Å². The number of ether oxygens (including phenoxy) is 1. The lowest BCUT2D eigenvalue weighted by Crippen LogP contribution is -2.42. The number of nitrogens with zero attached hydrogens (tertiary/aromatic N) is 2. The van der Waals surface area contributed by atoms with Gasteiger partial charge in [0.1, 0.15) is 0 Å². The maximum Gasteiger partial charge on any atom is 0.224 e. The molecule has 0 radical (unpaired) electrons. The molecule has 1 aliphatic heterocycles. The van der Waals surface area contributed by atoms with E-state index in [1.165, 1.54) is 0 Å². The van der Waals surface area contributed by atoms with Crippen LogP contribution in [0.1, 0.15) is 47.0 Å². The number of aliphatic imine (C=N–C) groups is 1. The smallest absolute Gasteiger partial charge is 0.224 e. The minimum Gasteiger partial charge on any atom is -0.381 e. The second kappa shape index (κ2) is 12.4. The normalized spacial score (nSPS) is 17.2. The molecule has 2 N–H and O–H groups in total. The lowest BCUT2D eigenvalue weighted by molar-refractivity contribution is -0.130. The van der Waals surface area contributed by atoms with E-state index in [1.54, 1.807) is 0 Å². The average molecular weight is 373 g/mol. The Balaban J connectivity index is 2.56. The molecule has 0 bridgehead atoms. The van der Waals surface area contributed by atoms with Gasteiger partial charge in [0.15, 0.2) is 5.96 Å². The second-order valence-corrected chi connectivity index (χ2v) is 7.90. The standard InChI is InChI=1S/C18H36N4O2S/c1-5-19-17(20-12-9-16(23)22(6-2)7-3)21-15-18(25-8-4)10-13-24-14-11-18/h5-15H2,1-4H3,(H2,19,20,21). The molecule has 1 aliphatic rings. The van der Waals surface area contributed by atoms with Crippen LogP contribution < -0.4 is 10.6 Å². The summed E-state index contributed by atoms with van der Waals surface area (Å²) < 4.78 is 5.71. The highest BCUT2D eigenvalue weighted by molar-refractivity contribution is 8.00. The number of rotatable bonds is 10. The lowest BCUT2D eigenvalue weighted by Gasteiger charge is -2.35. The molecule has 1 amide bonds. The van der Waals surface area contributed by atoms with E-state index in [0.29, 0.717) is 13.0 Å². The number of thioether (sulfide) groups is 1. The van der Waals surface area contributed by atoms with Gasteiger partial charge in [0.2, 0.25) is 5.91 Å². The molecule has 0 unspecified atom stereocenters. The van der Waals surface area contributed by atoms with E-state index in [4.69, 9.17) is 9.73 Å². The van der Waals surface area contributed by atoms with Crippen LogP contribution in [0.25, 0.3) is 0 Å². The predicted octanol–water partition coefficient (Wildman–Crippen LogP) is 2.10. The lowest BCUT2D eigenvalue weighted by atomic mass is 9.99. The van der Waals surface area contributed by atoms with Crippen LogP contribution in [0.2, 0.25) is 0 Å². The van der Waals surface area contributed by atoms with Crippen molar-refractivity contribution < 1.29 is 9.53 Å². The van der Waals surface area contributed by atoms with Gasteiger partial charge in [0, 0.05) is 50.6 Å². The zero-order valence-corrected chi connectivity index (χ0v) is 17.2. The Bertz CT molecular complexity index is 402. The molecule has 7 heteroatoms. The number of amides is 1. The van der Waals surface area contributed by atoms with Gasteiger partial charge in [-0.15, -0.1) is 0 Å². The number of carbonyl (C=O) groups is 1. The molecule has 1 heterocycles. The van der Waals surface area contributed by atoms with Gasteiger partial charge in [0.05, 0.1) is 6.54 Å². The molecule has 0 aromatic carbocycles. The third-order valence-corrected chi connectivity index (χ3v) is 5.91. The molecule has 0 atom stereocenters. The zero-order valence-electron chi connectivity index (χ0n) is 16.4. The van der Waals surface area contributed by atoms with Crippen LogP contribution in [0.15, 0.2) is 4.99 Å². The van der Waals surface area contributed by atoms with Crippen LogP contribution in [0, 0.1) is 0 Å². The number of hydrogen-bond acceptors (Lipinski definition) is 4. The minimum atomic E-state index is 0.187. The Morgan fingerprint density at radius 3 is 2.40 bits per heavy atom. The summed E-state index contributed by atoms with van der Waals surface area (Å²) in [6.45, 7) is 13.7. The maximum atomic E-state index is 12.1. The first-order valence-electron chi connectivity index (χ1n) is 9.62. The van der Waals surface area contributed by atoms with Crippen LogP contribution in [-0.2, 0) is 9.53 Å². The summed E-state index contributed by atoms with van der Waals surface area (Å²) in [6, 6.07) is 0. The Morgan fingerprint density at radius 2 is 1.84 bits per heavy atom. The van der Waals surface area contributed by atoms with Crippen molar-refractivity contribution in [2.75, 3.05) is 51.7 Å². The van der Waals surface area contributed by atoms with Crippen LogP contribution in [0.5, 0.6) is 0 Å². The third-order valence-electron chi connectivity index (χ3n) is 4.47. The van der Waals surface area contributed by atoms with Gasteiger partial charge in [-0.3, -0.25) is 9.79 Å². The zero-order chi connectivity index (χ0) is 18.5. The molecule has 1 saturated heterocycles. The van der Waals surface area contributed by atoms with E-state index in [2.05, 4.69) is 24.5 Å². The number of hydrogen-bond donors (Lipinski definition) is 2. The van der Waals surface area contributed by atoms with Gasteiger partial charge in [-0.1, -0.05) is 6.92 Å². The minimum absolute atomic E-state index is 0.187. The SMILES string of the molecule is CCNC(=NCC1(SCC)CCOCC1)NCCC(=O)N(CC)CC. The van der Waals surface area contributed by atoms with Crippen molar-refractivity contribution in [3.8, 4) is 0 Å². The van der Waals surface area contributed by atoms with E-state index >= 15 is 0 Å². The molecule has 0 aromatic rings. The molecular formula is C18H36N4O2S. The fourth-order valence-electron chi connectivity index (χ4n) is 2.98. The quantitative estimate of drug-likeness (QED) is 0.454. The van der Waals surface area contributed by atoms with Gasteiger partial charge in [0.25, 0.3) is 0 Å². The third kappa shape index (κ3) is 7.86. The van der Waals surface area contributed by atoms with E-state index < -0.39 is 0 Å². The monoisotopic (exact) mass is 372 g/mol. The van der Waals surface area contributed by atoms with Crippen LogP contribution in [-0.4, -0.2) is 73.2 Å². The van der Waals surface area contributed by atoms with Gasteiger partial charge < -0.3 is 20.3 Å². The first-order chi connectivity index (χ1) is 12.1. The highest BCUT2D eigenvalue weighted by Crippen LogP contribution is 2.35. The maximum absolute atomic E-state index is 12.1. The first kappa shape index (κ1) is 22.1. The summed E-state index contributed by atoms with van der Waals surface area (Å²) in [4.78, 5) is 18.8. The molecular weight excluding hydrogens is 336 g/mol. The second-order valence-electron chi connectivity index (χ2n) is 6.17. The number of guanidine groups is 1. The Labute approximate surface area is 157 Å². The molecule has 1 fully saturated rings.